The molecule has 0 aromatic heterocycles. The van der Waals surface area contributed by atoms with Gasteiger partial charge in [-0.3, -0.25) is 4.90 Å². The number of anilines is 2. The van der Waals surface area contributed by atoms with Crippen LogP contribution in [-0.2, 0) is 15.1 Å². The van der Waals surface area contributed by atoms with Crippen LogP contribution in [0.2, 0.25) is 5.02 Å². The summed E-state index contributed by atoms with van der Waals surface area (Å²) in [5.41, 5.74) is -3.80. The van der Waals surface area contributed by atoms with Gasteiger partial charge in [-0.1, -0.05) is 23.7 Å². The summed E-state index contributed by atoms with van der Waals surface area (Å²) < 4.78 is 44.1. The SMILES string of the molecule is CCN(C(=O)Nc1ccc(Cl)cc1)c1ccc(C(O)(C(=O)OC)C(F)(F)F)cc1. The predicted molar refractivity (Wildman–Crippen MR) is 102 cm³/mol. The van der Waals surface area contributed by atoms with Crippen LogP contribution in [0.4, 0.5) is 29.3 Å². The first-order valence-corrected chi connectivity index (χ1v) is 8.74. The average Bonchev–Trinajstić information content (AvgIpc) is 2.68. The van der Waals surface area contributed by atoms with E-state index in [4.69, 9.17) is 11.6 Å². The van der Waals surface area contributed by atoms with E-state index in [-0.39, 0.29) is 12.2 Å². The monoisotopic (exact) mass is 430 g/mol. The number of hydrogen-bond donors (Lipinski definition) is 2. The highest BCUT2D eigenvalue weighted by Crippen LogP contribution is 2.40. The largest absolute Gasteiger partial charge is 0.466 e. The van der Waals surface area contributed by atoms with Gasteiger partial charge in [-0.2, -0.15) is 13.2 Å². The minimum Gasteiger partial charge on any atom is -0.466 e. The molecule has 0 aliphatic heterocycles. The maximum absolute atomic E-state index is 13.3. The number of amides is 2. The average molecular weight is 431 g/mol. The number of benzene rings is 2. The predicted octanol–water partition coefficient (Wildman–Crippen LogP) is 4.32. The number of carbonyl (C=O) groups excluding carboxylic acids is 2. The highest BCUT2D eigenvalue weighted by Gasteiger charge is 2.62. The zero-order chi connectivity index (χ0) is 21.8. The fourth-order valence-electron chi connectivity index (χ4n) is 2.60. The Kier molecular flexibility index (Phi) is 6.76. The van der Waals surface area contributed by atoms with Gasteiger partial charge in [0.15, 0.2) is 0 Å². The van der Waals surface area contributed by atoms with Crippen molar-refractivity contribution in [3.05, 3.63) is 59.1 Å². The zero-order valence-electron chi connectivity index (χ0n) is 15.5. The molecule has 0 fully saturated rings. The Morgan fingerprint density at radius 3 is 2.10 bits per heavy atom. The van der Waals surface area contributed by atoms with Crippen LogP contribution in [-0.4, -0.2) is 36.9 Å². The van der Waals surface area contributed by atoms with Crippen LogP contribution < -0.4 is 10.2 Å². The van der Waals surface area contributed by atoms with Crippen molar-refractivity contribution < 1.29 is 32.6 Å². The van der Waals surface area contributed by atoms with Crippen LogP contribution in [0.25, 0.3) is 0 Å². The van der Waals surface area contributed by atoms with Crippen LogP contribution in [0, 0.1) is 0 Å². The second kappa shape index (κ2) is 8.71. The molecule has 0 bridgehead atoms. The van der Waals surface area contributed by atoms with E-state index in [1.165, 1.54) is 17.0 Å². The number of rotatable bonds is 5. The molecule has 6 nitrogen and oxygen atoms in total. The third kappa shape index (κ3) is 4.63. The van der Waals surface area contributed by atoms with E-state index >= 15 is 0 Å². The van der Waals surface area contributed by atoms with Crippen LogP contribution in [0.3, 0.4) is 0 Å². The summed E-state index contributed by atoms with van der Waals surface area (Å²) in [5.74, 6) is -1.86. The molecular formula is C19H18ClF3N2O4. The fraction of sp³-hybridized carbons (Fsp3) is 0.263. The number of nitrogens with one attached hydrogen (secondary N) is 1. The molecule has 1 unspecified atom stereocenters. The van der Waals surface area contributed by atoms with Crippen molar-refractivity contribution in [3.8, 4) is 0 Å². The molecule has 0 saturated carbocycles. The summed E-state index contributed by atoms with van der Waals surface area (Å²) in [4.78, 5) is 25.4. The van der Waals surface area contributed by atoms with Crippen molar-refractivity contribution in [3.63, 3.8) is 0 Å². The molecule has 2 rings (SSSR count). The Bertz CT molecular complexity index is 873. The number of carbonyl (C=O) groups is 2. The van der Waals surface area contributed by atoms with Crippen molar-refractivity contribution in [1.82, 2.24) is 0 Å². The van der Waals surface area contributed by atoms with Gasteiger partial charge in [0, 0.05) is 28.5 Å². The van der Waals surface area contributed by atoms with Crippen molar-refractivity contribution in [2.75, 3.05) is 23.9 Å². The van der Waals surface area contributed by atoms with Gasteiger partial charge in [0.05, 0.1) is 7.11 Å². The molecule has 2 N–H and O–H groups in total. The van der Waals surface area contributed by atoms with Crippen molar-refractivity contribution in [2.24, 2.45) is 0 Å². The van der Waals surface area contributed by atoms with Gasteiger partial charge in [0.25, 0.3) is 5.60 Å². The lowest BCUT2D eigenvalue weighted by Crippen LogP contribution is -2.49. The number of nitrogens with zero attached hydrogens (tertiary/aromatic N) is 1. The Morgan fingerprint density at radius 2 is 1.66 bits per heavy atom. The highest BCUT2D eigenvalue weighted by atomic mass is 35.5. The fourth-order valence-corrected chi connectivity index (χ4v) is 2.72. The molecule has 156 valence electrons. The van der Waals surface area contributed by atoms with Crippen molar-refractivity contribution >= 4 is 35.0 Å². The molecule has 10 heteroatoms. The van der Waals surface area contributed by atoms with Gasteiger partial charge in [-0.25, -0.2) is 9.59 Å². The molecule has 0 spiro atoms. The molecule has 2 aromatic carbocycles. The lowest BCUT2D eigenvalue weighted by atomic mass is 9.93. The Balaban J connectivity index is 2.29. The number of alkyl halides is 3. The van der Waals surface area contributed by atoms with Gasteiger partial charge in [0.2, 0.25) is 0 Å². The van der Waals surface area contributed by atoms with E-state index in [1.54, 1.807) is 31.2 Å². The Hall–Kier alpha value is -2.78. The van der Waals surface area contributed by atoms with E-state index < -0.39 is 29.3 Å². The van der Waals surface area contributed by atoms with Gasteiger partial charge >= 0.3 is 18.2 Å². The third-order valence-electron chi connectivity index (χ3n) is 4.14. The number of urea groups is 1. The van der Waals surface area contributed by atoms with Crippen LogP contribution >= 0.6 is 11.6 Å². The molecule has 0 saturated heterocycles. The number of methoxy groups -OCH3 is 1. The number of ether oxygens (including phenoxy) is 1. The smallest absolute Gasteiger partial charge is 0.432 e. The summed E-state index contributed by atoms with van der Waals surface area (Å²) in [6.07, 6.45) is -5.29. The first-order chi connectivity index (χ1) is 13.5. The van der Waals surface area contributed by atoms with Crippen LogP contribution in [0.1, 0.15) is 12.5 Å². The van der Waals surface area contributed by atoms with Crippen LogP contribution in [0.5, 0.6) is 0 Å². The van der Waals surface area contributed by atoms with Gasteiger partial charge in [-0.05, 0) is 43.3 Å². The summed E-state index contributed by atoms with van der Waals surface area (Å²) in [6.45, 7) is 1.88. The first-order valence-electron chi connectivity index (χ1n) is 8.36. The summed E-state index contributed by atoms with van der Waals surface area (Å²) in [6, 6.07) is 10.1. The zero-order valence-corrected chi connectivity index (χ0v) is 16.2. The third-order valence-corrected chi connectivity index (χ3v) is 4.40. The van der Waals surface area contributed by atoms with E-state index in [0.717, 1.165) is 19.2 Å². The Morgan fingerprint density at radius 1 is 1.10 bits per heavy atom. The minimum absolute atomic E-state index is 0.208. The molecule has 1 atom stereocenters. The maximum atomic E-state index is 13.3. The van der Waals surface area contributed by atoms with Crippen LogP contribution in [0.15, 0.2) is 48.5 Å². The van der Waals surface area contributed by atoms with Gasteiger partial charge in [0.1, 0.15) is 0 Å². The van der Waals surface area contributed by atoms with Gasteiger partial charge in [-0.15, -0.1) is 0 Å². The second-order valence-electron chi connectivity index (χ2n) is 5.93. The Labute approximate surface area is 169 Å². The van der Waals surface area contributed by atoms with Crippen molar-refractivity contribution in [1.29, 1.82) is 0 Å². The van der Waals surface area contributed by atoms with Gasteiger partial charge < -0.3 is 15.2 Å². The molecular weight excluding hydrogens is 413 g/mol. The summed E-state index contributed by atoms with van der Waals surface area (Å²) in [7, 11) is 0.743. The molecule has 0 heterocycles. The number of aliphatic hydroxyl groups is 1. The topological polar surface area (TPSA) is 78.9 Å². The quantitative estimate of drug-likeness (QED) is 0.692. The van der Waals surface area contributed by atoms with E-state index in [0.29, 0.717) is 10.7 Å². The molecule has 2 amide bonds. The summed E-state index contributed by atoms with van der Waals surface area (Å²) in [5, 5.41) is 13.1. The molecule has 0 aliphatic carbocycles. The van der Waals surface area contributed by atoms with Crippen molar-refractivity contribution in [2.45, 2.75) is 18.7 Å². The van der Waals surface area contributed by atoms with E-state index in [2.05, 4.69) is 10.1 Å². The summed E-state index contributed by atoms with van der Waals surface area (Å²) >= 11 is 5.79. The lowest BCUT2D eigenvalue weighted by Gasteiger charge is -2.28. The second-order valence-corrected chi connectivity index (χ2v) is 6.36. The lowest BCUT2D eigenvalue weighted by molar-refractivity contribution is -0.266. The first kappa shape index (κ1) is 22.5. The maximum Gasteiger partial charge on any atom is 0.432 e. The van der Waals surface area contributed by atoms with E-state index in [9.17, 15) is 27.9 Å². The molecule has 0 radical (unpaired) electrons. The number of hydrogen-bond acceptors (Lipinski definition) is 4. The minimum atomic E-state index is -5.29. The normalized spacial score (nSPS) is 13.3. The molecule has 29 heavy (non-hydrogen) atoms. The highest BCUT2D eigenvalue weighted by molar-refractivity contribution is 6.30. The number of esters is 1. The standard InChI is InChI=1S/C19H18ClF3N2O4/c1-3-25(17(27)24-14-8-6-13(20)7-9-14)15-10-4-12(5-11-15)18(28,16(26)29-2)19(21,22)23/h4-11,28H,3H2,1-2H3,(H,24,27). The number of halogens is 4. The molecule has 2 aromatic rings. The van der Waals surface area contributed by atoms with E-state index in [1.807, 2.05) is 0 Å². The molecule has 0 aliphatic rings.